The molecule has 1 amide bonds. The third-order valence-corrected chi connectivity index (χ3v) is 5.75. The van der Waals surface area contributed by atoms with Gasteiger partial charge in [0.25, 0.3) is 5.91 Å². The van der Waals surface area contributed by atoms with Crippen molar-refractivity contribution < 1.29 is 14.3 Å². The molecule has 8 nitrogen and oxygen atoms in total. The van der Waals surface area contributed by atoms with Crippen LogP contribution in [0.5, 0.6) is 11.6 Å². The second-order valence-corrected chi connectivity index (χ2v) is 8.09. The largest absolute Gasteiger partial charge is 0.496 e. The van der Waals surface area contributed by atoms with Crippen molar-refractivity contribution in [3.63, 3.8) is 0 Å². The molecule has 0 bridgehead atoms. The Bertz CT molecular complexity index is 1090. The predicted octanol–water partition coefficient (Wildman–Crippen LogP) is 3.74. The number of nitrogens with zero attached hydrogens (tertiary/aromatic N) is 4. The molecule has 4 rings (SSSR count). The van der Waals surface area contributed by atoms with Gasteiger partial charge >= 0.3 is 0 Å². The van der Waals surface area contributed by atoms with Gasteiger partial charge in [0.05, 0.1) is 19.9 Å². The van der Waals surface area contributed by atoms with E-state index in [1.807, 2.05) is 42.6 Å². The van der Waals surface area contributed by atoms with Gasteiger partial charge in [-0.15, -0.1) is 0 Å². The second kappa shape index (κ2) is 11.9. The lowest BCUT2D eigenvalue weighted by molar-refractivity contribution is -0.123. The van der Waals surface area contributed by atoms with Crippen LogP contribution in [-0.2, 0) is 11.4 Å². The molecule has 0 unspecified atom stereocenters. The molecule has 1 fully saturated rings. The lowest BCUT2D eigenvalue weighted by atomic mass is 9.96. The molecule has 1 aliphatic heterocycles. The number of ether oxygens (including phenoxy) is 2. The molecule has 3 aromatic rings. The third kappa shape index (κ3) is 6.39. The van der Waals surface area contributed by atoms with Gasteiger partial charge in [0.2, 0.25) is 5.88 Å². The number of rotatable bonds is 9. The van der Waals surface area contributed by atoms with Crippen molar-refractivity contribution in [2.75, 3.05) is 20.2 Å². The summed E-state index contributed by atoms with van der Waals surface area (Å²) < 4.78 is 11.2. The first kappa shape index (κ1) is 23.4. The van der Waals surface area contributed by atoms with Crippen molar-refractivity contribution in [3.8, 4) is 11.6 Å². The summed E-state index contributed by atoms with van der Waals surface area (Å²) in [7, 11) is 1.62. The number of likely N-dealkylation sites (tertiary alicyclic amines) is 1. The normalized spacial score (nSPS) is 16.3. The van der Waals surface area contributed by atoms with E-state index in [0.717, 1.165) is 42.5 Å². The summed E-state index contributed by atoms with van der Waals surface area (Å²) in [6.07, 6.45) is 10.2. The van der Waals surface area contributed by atoms with Crippen LogP contribution in [0.2, 0.25) is 0 Å². The van der Waals surface area contributed by atoms with Crippen LogP contribution in [0.4, 0.5) is 0 Å². The minimum absolute atomic E-state index is 0.140. The Balaban J connectivity index is 1.34. The molecule has 0 spiro atoms. The molecule has 1 saturated heterocycles. The van der Waals surface area contributed by atoms with E-state index < -0.39 is 0 Å². The molecule has 2 aromatic heterocycles. The lowest BCUT2D eigenvalue weighted by Crippen LogP contribution is -2.40. The minimum atomic E-state index is -0.140. The van der Waals surface area contributed by atoms with Crippen molar-refractivity contribution in [1.29, 1.82) is 0 Å². The van der Waals surface area contributed by atoms with Crippen molar-refractivity contribution in [2.45, 2.75) is 31.9 Å². The molecule has 0 saturated carbocycles. The fraction of sp³-hybridized carbons (Fsp3) is 0.308. The van der Waals surface area contributed by atoms with E-state index >= 15 is 0 Å². The van der Waals surface area contributed by atoms with E-state index in [-0.39, 0.29) is 11.9 Å². The van der Waals surface area contributed by atoms with Gasteiger partial charge < -0.3 is 9.47 Å². The van der Waals surface area contributed by atoms with Crippen LogP contribution in [0, 0.1) is 0 Å². The number of carbonyl (C=O) groups excluding carboxylic acids is 1. The lowest BCUT2D eigenvalue weighted by Gasteiger charge is -2.35. The molecule has 8 heteroatoms. The van der Waals surface area contributed by atoms with Gasteiger partial charge in [0.1, 0.15) is 12.4 Å². The molecule has 0 aliphatic carbocycles. The highest BCUT2D eigenvalue weighted by molar-refractivity contribution is 5.83. The van der Waals surface area contributed by atoms with Crippen LogP contribution in [0.3, 0.4) is 0 Å². The first-order chi connectivity index (χ1) is 16.7. The number of hydrogen-bond donors (Lipinski definition) is 1. The Hall–Kier alpha value is -3.78. The fourth-order valence-electron chi connectivity index (χ4n) is 4.11. The Morgan fingerprint density at radius 3 is 2.94 bits per heavy atom. The van der Waals surface area contributed by atoms with E-state index in [9.17, 15) is 4.79 Å². The van der Waals surface area contributed by atoms with E-state index in [1.54, 1.807) is 31.8 Å². The van der Waals surface area contributed by atoms with Gasteiger partial charge in [-0.1, -0.05) is 18.6 Å². The monoisotopic (exact) mass is 459 g/mol. The summed E-state index contributed by atoms with van der Waals surface area (Å²) in [5.74, 6) is 1.11. The van der Waals surface area contributed by atoms with E-state index in [4.69, 9.17) is 9.47 Å². The highest BCUT2D eigenvalue weighted by Crippen LogP contribution is 2.30. The fourth-order valence-corrected chi connectivity index (χ4v) is 4.11. The maximum absolute atomic E-state index is 12.6. The highest BCUT2D eigenvalue weighted by Gasteiger charge is 2.25. The van der Waals surface area contributed by atoms with Gasteiger partial charge in [-0.3, -0.25) is 14.7 Å². The number of carbonyl (C=O) groups is 1. The van der Waals surface area contributed by atoms with E-state index in [0.29, 0.717) is 24.8 Å². The Kier molecular flexibility index (Phi) is 8.18. The number of benzene rings is 1. The topological polar surface area (TPSA) is 88.9 Å². The maximum atomic E-state index is 12.6. The molecular formula is C26H29N5O3. The molecule has 1 atom stereocenters. The molecule has 3 heterocycles. The summed E-state index contributed by atoms with van der Waals surface area (Å²) in [6.45, 7) is 1.48. The van der Waals surface area contributed by atoms with Crippen LogP contribution in [0.15, 0.2) is 72.2 Å². The summed E-state index contributed by atoms with van der Waals surface area (Å²) >= 11 is 0. The molecule has 1 aliphatic rings. The zero-order valence-corrected chi connectivity index (χ0v) is 19.3. The molecular weight excluding hydrogens is 430 g/mol. The SMILES string of the molecule is COc1ccc(C=NNC(=O)CN2CCCC[C@@H]2c2cccnc2)cc1COc1ccccn1. The third-order valence-electron chi connectivity index (χ3n) is 5.75. The minimum Gasteiger partial charge on any atom is -0.496 e. The number of methoxy groups -OCH3 is 1. The summed E-state index contributed by atoms with van der Waals surface area (Å²) in [5.41, 5.74) is 5.49. The number of amides is 1. The predicted molar refractivity (Wildman–Crippen MR) is 130 cm³/mol. The van der Waals surface area contributed by atoms with Crippen molar-refractivity contribution >= 4 is 12.1 Å². The highest BCUT2D eigenvalue weighted by atomic mass is 16.5. The van der Waals surface area contributed by atoms with Crippen LogP contribution in [-0.4, -0.2) is 47.2 Å². The number of hydrogen-bond acceptors (Lipinski definition) is 7. The van der Waals surface area contributed by atoms with Crippen molar-refractivity contribution in [2.24, 2.45) is 5.10 Å². The smallest absolute Gasteiger partial charge is 0.254 e. The zero-order valence-electron chi connectivity index (χ0n) is 19.3. The van der Waals surface area contributed by atoms with Crippen LogP contribution >= 0.6 is 0 Å². The standard InChI is InChI=1S/C26H29N5O3/c1-33-24-11-10-20(15-22(24)19-34-26-9-2-4-13-28-26)16-29-30-25(32)18-31-14-5-3-8-23(31)21-7-6-12-27-17-21/h2,4,6-7,9-13,15-17,23H,3,5,8,14,18-19H2,1H3,(H,30,32)/t23-/m1/s1. The first-order valence-corrected chi connectivity index (χ1v) is 11.4. The number of aromatic nitrogens is 2. The van der Waals surface area contributed by atoms with Crippen molar-refractivity contribution in [1.82, 2.24) is 20.3 Å². The Morgan fingerprint density at radius 1 is 1.21 bits per heavy atom. The Labute approximate surface area is 199 Å². The summed E-state index contributed by atoms with van der Waals surface area (Å²) in [5, 5.41) is 4.16. The van der Waals surface area contributed by atoms with Crippen molar-refractivity contribution in [3.05, 3.63) is 83.8 Å². The average Bonchev–Trinajstić information content (AvgIpc) is 2.89. The van der Waals surface area contributed by atoms with Gasteiger partial charge in [-0.05, 0) is 60.8 Å². The van der Waals surface area contributed by atoms with Gasteiger partial charge in [0, 0.05) is 36.3 Å². The maximum Gasteiger partial charge on any atom is 0.254 e. The summed E-state index contributed by atoms with van der Waals surface area (Å²) in [4.78, 5) is 23.2. The molecule has 1 N–H and O–H groups in total. The van der Waals surface area contributed by atoms with E-state index in [2.05, 4.69) is 31.5 Å². The number of nitrogens with one attached hydrogen (secondary N) is 1. The average molecular weight is 460 g/mol. The van der Waals surface area contributed by atoms with Gasteiger partial charge in [-0.25, -0.2) is 10.4 Å². The summed E-state index contributed by atoms with van der Waals surface area (Å²) in [6, 6.07) is 15.4. The number of hydrazone groups is 1. The molecule has 0 radical (unpaired) electrons. The van der Waals surface area contributed by atoms with Crippen LogP contribution in [0.1, 0.15) is 42.0 Å². The first-order valence-electron chi connectivity index (χ1n) is 11.4. The second-order valence-electron chi connectivity index (χ2n) is 8.09. The van der Waals surface area contributed by atoms with E-state index in [1.165, 1.54) is 0 Å². The van der Waals surface area contributed by atoms with Gasteiger partial charge in [0.15, 0.2) is 0 Å². The van der Waals surface area contributed by atoms with Crippen LogP contribution in [0.25, 0.3) is 0 Å². The van der Waals surface area contributed by atoms with Gasteiger partial charge in [-0.2, -0.15) is 5.10 Å². The molecule has 1 aromatic carbocycles. The number of pyridine rings is 2. The van der Waals surface area contributed by atoms with Crippen LogP contribution < -0.4 is 14.9 Å². The Morgan fingerprint density at radius 2 is 2.15 bits per heavy atom. The molecule has 34 heavy (non-hydrogen) atoms. The molecule has 176 valence electrons. The number of piperidine rings is 1. The zero-order chi connectivity index (χ0) is 23.6. The quantitative estimate of drug-likeness (QED) is 0.387.